The fourth-order valence-corrected chi connectivity index (χ4v) is 4.78. The molecule has 0 amide bonds. The molecule has 2 unspecified atom stereocenters. The van der Waals surface area contributed by atoms with Gasteiger partial charge in [0.25, 0.3) is 0 Å². The molecule has 2 fully saturated rings. The van der Waals surface area contributed by atoms with E-state index >= 15 is 0 Å². The number of piperidine rings is 1. The van der Waals surface area contributed by atoms with Crippen molar-refractivity contribution < 1.29 is 0 Å². The third-order valence-corrected chi connectivity index (χ3v) is 5.97. The van der Waals surface area contributed by atoms with Crippen LogP contribution in [0.15, 0.2) is 30.6 Å². The molecule has 4 heteroatoms. The van der Waals surface area contributed by atoms with Crippen molar-refractivity contribution in [3.05, 3.63) is 41.7 Å². The molecule has 0 saturated carbocycles. The van der Waals surface area contributed by atoms with E-state index in [0.29, 0.717) is 6.04 Å². The highest BCUT2D eigenvalue weighted by molar-refractivity contribution is 5.72. The van der Waals surface area contributed by atoms with Gasteiger partial charge in [-0.2, -0.15) is 0 Å². The van der Waals surface area contributed by atoms with Crippen molar-refractivity contribution in [1.82, 2.24) is 15.3 Å². The van der Waals surface area contributed by atoms with Crippen LogP contribution in [0.1, 0.15) is 30.4 Å². The summed E-state index contributed by atoms with van der Waals surface area (Å²) in [5.41, 5.74) is 5.26. The van der Waals surface area contributed by atoms with Crippen molar-refractivity contribution in [2.24, 2.45) is 5.92 Å². The normalized spacial score (nSPS) is 25.6. The second kappa shape index (κ2) is 5.85. The van der Waals surface area contributed by atoms with Crippen molar-refractivity contribution in [3.8, 4) is 11.3 Å². The number of hydrogen-bond acceptors (Lipinski definition) is 4. The lowest BCUT2D eigenvalue weighted by Crippen LogP contribution is -2.40. The summed E-state index contributed by atoms with van der Waals surface area (Å²) in [6.07, 6.45) is 7.84. The van der Waals surface area contributed by atoms with E-state index in [-0.39, 0.29) is 0 Å². The Balaban J connectivity index is 1.56. The van der Waals surface area contributed by atoms with Crippen LogP contribution in [0, 0.1) is 5.92 Å². The van der Waals surface area contributed by atoms with E-state index in [4.69, 9.17) is 4.98 Å². The fraction of sp³-hybridized carbons (Fsp3) is 0.500. The highest BCUT2D eigenvalue weighted by Gasteiger charge is 2.36. The standard InChI is InChI=1S/C20H24N4/c1-2-8-16-14(5-1)6-3-9-17-19(16)22-13-23-20(17)24-11-15-7-4-10-21-18(15)12-24/h1-2,5,8,13,15,18,21H,3-4,6-7,9-12H2. The van der Waals surface area contributed by atoms with Gasteiger partial charge < -0.3 is 10.2 Å². The third-order valence-electron chi connectivity index (χ3n) is 5.97. The first kappa shape index (κ1) is 14.4. The van der Waals surface area contributed by atoms with Crippen LogP contribution >= 0.6 is 0 Å². The maximum atomic E-state index is 4.73. The van der Waals surface area contributed by atoms with Gasteiger partial charge in [0.15, 0.2) is 0 Å². The molecule has 24 heavy (non-hydrogen) atoms. The first-order chi connectivity index (χ1) is 11.9. The molecule has 3 heterocycles. The van der Waals surface area contributed by atoms with Crippen molar-refractivity contribution >= 4 is 5.82 Å². The predicted molar refractivity (Wildman–Crippen MR) is 96.2 cm³/mol. The lowest BCUT2D eigenvalue weighted by molar-refractivity contribution is 0.340. The summed E-state index contributed by atoms with van der Waals surface area (Å²) in [7, 11) is 0. The average molecular weight is 320 g/mol. The first-order valence-electron chi connectivity index (χ1n) is 9.30. The maximum absolute atomic E-state index is 4.73. The molecule has 2 saturated heterocycles. The zero-order valence-corrected chi connectivity index (χ0v) is 14.0. The molecular formula is C20H24N4. The zero-order valence-electron chi connectivity index (χ0n) is 14.0. The van der Waals surface area contributed by atoms with Crippen molar-refractivity contribution in [3.63, 3.8) is 0 Å². The molecule has 1 N–H and O–H groups in total. The Morgan fingerprint density at radius 1 is 1.04 bits per heavy atom. The van der Waals surface area contributed by atoms with Gasteiger partial charge in [0.05, 0.1) is 5.69 Å². The molecule has 5 rings (SSSR count). The number of benzene rings is 1. The highest BCUT2D eigenvalue weighted by Crippen LogP contribution is 2.37. The molecular weight excluding hydrogens is 296 g/mol. The number of rotatable bonds is 1. The van der Waals surface area contributed by atoms with Crippen LogP contribution in [0.4, 0.5) is 5.82 Å². The summed E-state index contributed by atoms with van der Waals surface area (Å²) in [4.78, 5) is 11.9. The molecule has 1 aromatic heterocycles. The smallest absolute Gasteiger partial charge is 0.135 e. The second-order valence-electron chi connectivity index (χ2n) is 7.40. The Morgan fingerprint density at radius 2 is 2.00 bits per heavy atom. The molecule has 1 aromatic carbocycles. The number of nitrogens with one attached hydrogen (secondary N) is 1. The molecule has 0 radical (unpaired) electrons. The number of aryl methyl sites for hydroxylation is 1. The van der Waals surface area contributed by atoms with Crippen molar-refractivity contribution in [2.75, 3.05) is 24.5 Å². The SMILES string of the molecule is c1ccc2c(c1)CCCc1c-2ncnc1N1CC2CCCNC2C1. The summed E-state index contributed by atoms with van der Waals surface area (Å²) in [6, 6.07) is 9.39. The number of aromatic nitrogens is 2. The molecule has 124 valence electrons. The second-order valence-corrected chi connectivity index (χ2v) is 7.40. The zero-order chi connectivity index (χ0) is 15.9. The summed E-state index contributed by atoms with van der Waals surface area (Å²) >= 11 is 0. The average Bonchev–Trinajstić information content (AvgIpc) is 2.97. The van der Waals surface area contributed by atoms with Crippen LogP contribution in [-0.2, 0) is 12.8 Å². The van der Waals surface area contributed by atoms with Gasteiger partial charge in [0.2, 0.25) is 0 Å². The summed E-state index contributed by atoms with van der Waals surface area (Å²) in [5.74, 6) is 1.97. The minimum Gasteiger partial charge on any atom is -0.354 e. The Labute approximate surface area is 143 Å². The molecule has 2 atom stereocenters. The monoisotopic (exact) mass is 320 g/mol. The number of nitrogens with zero attached hydrogens (tertiary/aromatic N) is 3. The van der Waals surface area contributed by atoms with E-state index in [1.165, 1.54) is 48.3 Å². The van der Waals surface area contributed by atoms with Crippen LogP contribution in [0.3, 0.4) is 0 Å². The van der Waals surface area contributed by atoms with Crippen molar-refractivity contribution in [1.29, 1.82) is 0 Å². The molecule has 3 aliphatic rings. The van der Waals surface area contributed by atoms with Gasteiger partial charge in [-0.25, -0.2) is 9.97 Å². The van der Waals surface area contributed by atoms with Crippen molar-refractivity contribution in [2.45, 2.75) is 38.1 Å². The van der Waals surface area contributed by atoms with E-state index in [1.54, 1.807) is 6.33 Å². The topological polar surface area (TPSA) is 41.1 Å². The Bertz CT molecular complexity index is 743. The quantitative estimate of drug-likeness (QED) is 0.877. The van der Waals surface area contributed by atoms with E-state index in [2.05, 4.69) is 39.5 Å². The number of hydrogen-bond donors (Lipinski definition) is 1. The summed E-state index contributed by atoms with van der Waals surface area (Å²) in [6.45, 7) is 3.41. The van der Waals surface area contributed by atoms with Crippen LogP contribution in [0.25, 0.3) is 11.3 Å². The minimum atomic E-state index is 0.641. The van der Waals surface area contributed by atoms with Gasteiger partial charge in [-0.15, -0.1) is 0 Å². The lowest BCUT2D eigenvalue weighted by atomic mass is 9.94. The number of fused-ring (bicyclic) bond motifs is 4. The molecule has 2 aliphatic heterocycles. The van der Waals surface area contributed by atoms with E-state index < -0.39 is 0 Å². The Morgan fingerprint density at radius 3 is 2.96 bits per heavy atom. The third kappa shape index (κ3) is 2.32. The van der Waals surface area contributed by atoms with E-state index in [1.807, 2.05) is 0 Å². The van der Waals surface area contributed by atoms with E-state index in [9.17, 15) is 0 Å². The van der Waals surface area contributed by atoms with Crippen LogP contribution in [0.5, 0.6) is 0 Å². The maximum Gasteiger partial charge on any atom is 0.135 e. The highest BCUT2D eigenvalue weighted by atomic mass is 15.2. The van der Waals surface area contributed by atoms with Gasteiger partial charge in [0.1, 0.15) is 12.1 Å². The predicted octanol–water partition coefficient (Wildman–Crippen LogP) is 2.82. The first-order valence-corrected chi connectivity index (χ1v) is 9.30. The lowest BCUT2D eigenvalue weighted by Gasteiger charge is -2.24. The van der Waals surface area contributed by atoms with Gasteiger partial charge in [0, 0.05) is 30.3 Å². The molecule has 4 nitrogen and oxygen atoms in total. The van der Waals surface area contributed by atoms with Gasteiger partial charge in [-0.1, -0.05) is 24.3 Å². The molecule has 1 aliphatic carbocycles. The Kier molecular flexibility index (Phi) is 3.51. The minimum absolute atomic E-state index is 0.641. The molecule has 2 aromatic rings. The van der Waals surface area contributed by atoms with Gasteiger partial charge in [-0.3, -0.25) is 0 Å². The summed E-state index contributed by atoms with van der Waals surface area (Å²) < 4.78 is 0. The summed E-state index contributed by atoms with van der Waals surface area (Å²) in [5, 5.41) is 3.70. The van der Waals surface area contributed by atoms with E-state index in [0.717, 1.165) is 37.5 Å². The van der Waals surface area contributed by atoms with Crippen LogP contribution in [-0.4, -0.2) is 35.6 Å². The van der Waals surface area contributed by atoms with Crippen LogP contribution < -0.4 is 10.2 Å². The Hall–Kier alpha value is -1.94. The molecule has 0 bridgehead atoms. The number of anilines is 1. The largest absolute Gasteiger partial charge is 0.354 e. The van der Waals surface area contributed by atoms with Crippen LogP contribution in [0.2, 0.25) is 0 Å². The molecule has 0 spiro atoms. The van der Waals surface area contributed by atoms with Gasteiger partial charge >= 0.3 is 0 Å². The fourth-order valence-electron chi connectivity index (χ4n) is 4.78. The van der Waals surface area contributed by atoms with Gasteiger partial charge in [-0.05, 0) is 50.1 Å².